The lowest BCUT2D eigenvalue weighted by Crippen LogP contribution is -2.27. The van der Waals surface area contributed by atoms with Crippen LogP contribution in [0.5, 0.6) is 5.75 Å². The number of nitrogens with zero attached hydrogens (tertiary/aromatic N) is 1. The fourth-order valence-corrected chi connectivity index (χ4v) is 1.94. The summed E-state index contributed by atoms with van der Waals surface area (Å²) in [6.45, 7) is 0.681. The van der Waals surface area contributed by atoms with E-state index in [9.17, 15) is 9.59 Å². The molecule has 0 heterocycles. The minimum atomic E-state index is -0.114. The molecule has 1 aromatic rings. The molecule has 6 nitrogen and oxygen atoms in total. The van der Waals surface area contributed by atoms with Crippen molar-refractivity contribution in [2.24, 2.45) is 5.73 Å². The first kappa shape index (κ1) is 22.2. The Hall–Kier alpha value is -1.79. The number of hydrogen-bond acceptors (Lipinski definition) is 4. The maximum atomic E-state index is 11.9. The summed E-state index contributed by atoms with van der Waals surface area (Å²) in [6, 6.07) is 7.06. The third-order valence-electron chi connectivity index (χ3n) is 3.34. The second kappa shape index (κ2) is 12.6. The van der Waals surface area contributed by atoms with Crippen LogP contribution in [-0.2, 0) is 9.59 Å². The molecule has 0 aliphatic rings. The number of likely N-dealkylation sites (N-methyl/N-ethyl adjacent to an activating group) is 1. The highest BCUT2D eigenvalue weighted by molar-refractivity contribution is 5.90. The normalized spacial score (nSPS) is 9.79. The summed E-state index contributed by atoms with van der Waals surface area (Å²) in [5, 5.41) is 2.84. The van der Waals surface area contributed by atoms with Gasteiger partial charge in [-0.3, -0.25) is 9.59 Å². The van der Waals surface area contributed by atoms with Crippen LogP contribution in [0.1, 0.15) is 32.1 Å². The molecule has 7 heteroatoms. The van der Waals surface area contributed by atoms with E-state index in [1.165, 1.54) is 4.90 Å². The molecule has 0 saturated carbocycles. The van der Waals surface area contributed by atoms with Crippen molar-refractivity contribution in [2.75, 3.05) is 32.6 Å². The zero-order chi connectivity index (χ0) is 17.1. The number of nitrogens with two attached hydrogens (primary N) is 1. The van der Waals surface area contributed by atoms with E-state index in [2.05, 4.69) is 5.32 Å². The number of amides is 2. The Kier molecular flexibility index (Phi) is 11.7. The average molecular weight is 358 g/mol. The number of nitrogens with one attached hydrogen (secondary N) is 1. The Morgan fingerprint density at radius 2 is 1.88 bits per heavy atom. The zero-order valence-electron chi connectivity index (χ0n) is 14.4. The minimum absolute atomic E-state index is 0. The van der Waals surface area contributed by atoms with Crippen molar-refractivity contribution in [1.82, 2.24) is 4.90 Å². The molecule has 2 amide bonds. The standard InChI is InChI=1S/C17H27N3O3.ClH/c1-20(2)17(22)13-23-15-9-7-8-14(12-15)19-16(21)10-5-3-4-6-11-18;/h7-9,12H,3-6,10-11,13,18H2,1-2H3,(H,19,21);1H. The summed E-state index contributed by atoms with van der Waals surface area (Å²) in [4.78, 5) is 24.8. The molecular formula is C17H28ClN3O3. The van der Waals surface area contributed by atoms with Crippen LogP contribution < -0.4 is 15.8 Å². The lowest BCUT2D eigenvalue weighted by atomic mass is 10.1. The topological polar surface area (TPSA) is 84.7 Å². The molecule has 0 aliphatic carbocycles. The van der Waals surface area contributed by atoms with Crippen molar-refractivity contribution in [3.8, 4) is 5.75 Å². The van der Waals surface area contributed by atoms with Crippen LogP contribution in [0.25, 0.3) is 0 Å². The highest BCUT2D eigenvalue weighted by atomic mass is 35.5. The van der Waals surface area contributed by atoms with Gasteiger partial charge in [0, 0.05) is 32.3 Å². The number of rotatable bonds is 10. The Balaban J connectivity index is 0.00000529. The van der Waals surface area contributed by atoms with Crippen molar-refractivity contribution in [3.63, 3.8) is 0 Å². The molecule has 1 rings (SSSR count). The summed E-state index contributed by atoms with van der Waals surface area (Å²) in [5.41, 5.74) is 6.10. The highest BCUT2D eigenvalue weighted by Gasteiger charge is 2.06. The smallest absolute Gasteiger partial charge is 0.259 e. The fourth-order valence-electron chi connectivity index (χ4n) is 1.94. The van der Waals surface area contributed by atoms with Crippen LogP contribution >= 0.6 is 12.4 Å². The van der Waals surface area contributed by atoms with E-state index >= 15 is 0 Å². The third-order valence-corrected chi connectivity index (χ3v) is 3.34. The van der Waals surface area contributed by atoms with Crippen molar-refractivity contribution >= 4 is 29.9 Å². The van der Waals surface area contributed by atoms with Gasteiger partial charge in [0.1, 0.15) is 5.75 Å². The Morgan fingerprint density at radius 3 is 2.54 bits per heavy atom. The van der Waals surface area contributed by atoms with Crippen LogP contribution in [0, 0.1) is 0 Å². The maximum absolute atomic E-state index is 11.9. The molecule has 0 atom stereocenters. The van der Waals surface area contributed by atoms with E-state index in [0.29, 0.717) is 24.4 Å². The molecule has 0 radical (unpaired) electrons. The van der Waals surface area contributed by atoms with Crippen molar-refractivity contribution in [3.05, 3.63) is 24.3 Å². The predicted molar refractivity (Wildman–Crippen MR) is 98.6 cm³/mol. The number of benzene rings is 1. The number of halogens is 1. The molecule has 0 aliphatic heterocycles. The number of ether oxygens (including phenoxy) is 1. The Morgan fingerprint density at radius 1 is 1.17 bits per heavy atom. The van der Waals surface area contributed by atoms with Crippen LogP contribution in [0.2, 0.25) is 0 Å². The van der Waals surface area contributed by atoms with Gasteiger partial charge in [-0.15, -0.1) is 12.4 Å². The number of hydrogen-bond donors (Lipinski definition) is 2. The Bertz CT molecular complexity index is 510. The molecule has 0 bridgehead atoms. The van der Waals surface area contributed by atoms with E-state index in [1.54, 1.807) is 38.4 Å². The fraction of sp³-hybridized carbons (Fsp3) is 0.529. The largest absolute Gasteiger partial charge is 0.484 e. The van der Waals surface area contributed by atoms with Gasteiger partial charge in [-0.25, -0.2) is 0 Å². The molecular weight excluding hydrogens is 330 g/mol. The first-order chi connectivity index (χ1) is 11.0. The third kappa shape index (κ3) is 9.37. The number of anilines is 1. The highest BCUT2D eigenvalue weighted by Crippen LogP contribution is 2.18. The Labute approximate surface area is 150 Å². The molecule has 1 aromatic carbocycles. The van der Waals surface area contributed by atoms with Crippen molar-refractivity contribution < 1.29 is 14.3 Å². The van der Waals surface area contributed by atoms with Gasteiger partial charge in [-0.05, 0) is 31.5 Å². The molecule has 24 heavy (non-hydrogen) atoms. The summed E-state index contributed by atoms with van der Waals surface area (Å²) >= 11 is 0. The average Bonchev–Trinajstić information content (AvgIpc) is 2.52. The molecule has 0 unspecified atom stereocenters. The molecule has 0 saturated heterocycles. The first-order valence-electron chi connectivity index (χ1n) is 7.96. The number of carbonyl (C=O) groups excluding carboxylic acids is 2. The van der Waals surface area contributed by atoms with Gasteiger partial charge in [0.25, 0.3) is 5.91 Å². The van der Waals surface area contributed by atoms with E-state index < -0.39 is 0 Å². The van der Waals surface area contributed by atoms with Gasteiger partial charge in [0.2, 0.25) is 5.91 Å². The van der Waals surface area contributed by atoms with Gasteiger partial charge >= 0.3 is 0 Å². The van der Waals surface area contributed by atoms with Crippen molar-refractivity contribution in [2.45, 2.75) is 32.1 Å². The van der Waals surface area contributed by atoms with Crippen LogP contribution in [0.15, 0.2) is 24.3 Å². The van der Waals surface area contributed by atoms with Gasteiger partial charge in [0.15, 0.2) is 6.61 Å². The summed E-state index contributed by atoms with van der Waals surface area (Å²) in [6.07, 6.45) is 4.44. The van der Waals surface area contributed by atoms with Gasteiger partial charge in [-0.2, -0.15) is 0 Å². The minimum Gasteiger partial charge on any atom is -0.484 e. The second-order valence-corrected chi connectivity index (χ2v) is 5.61. The van der Waals surface area contributed by atoms with Crippen LogP contribution in [-0.4, -0.2) is 44.0 Å². The van der Waals surface area contributed by atoms with Gasteiger partial charge in [-0.1, -0.05) is 18.9 Å². The summed E-state index contributed by atoms with van der Waals surface area (Å²) in [7, 11) is 3.35. The van der Waals surface area contributed by atoms with E-state index in [-0.39, 0.29) is 30.8 Å². The number of unbranched alkanes of at least 4 members (excludes halogenated alkanes) is 3. The van der Waals surface area contributed by atoms with Gasteiger partial charge < -0.3 is 20.7 Å². The van der Waals surface area contributed by atoms with E-state index in [4.69, 9.17) is 10.5 Å². The molecule has 0 spiro atoms. The number of carbonyl (C=O) groups is 2. The van der Waals surface area contributed by atoms with E-state index in [0.717, 1.165) is 25.7 Å². The SMILES string of the molecule is CN(C)C(=O)COc1cccc(NC(=O)CCCCCCN)c1.Cl. The lowest BCUT2D eigenvalue weighted by molar-refractivity contribution is -0.130. The molecule has 0 aromatic heterocycles. The van der Waals surface area contributed by atoms with Crippen LogP contribution in [0.3, 0.4) is 0 Å². The van der Waals surface area contributed by atoms with Crippen molar-refractivity contribution in [1.29, 1.82) is 0 Å². The lowest BCUT2D eigenvalue weighted by Gasteiger charge is -2.12. The zero-order valence-corrected chi connectivity index (χ0v) is 15.2. The molecule has 3 N–H and O–H groups in total. The summed E-state index contributed by atoms with van der Waals surface area (Å²) < 4.78 is 5.42. The second-order valence-electron chi connectivity index (χ2n) is 5.61. The van der Waals surface area contributed by atoms with Crippen LogP contribution in [0.4, 0.5) is 5.69 Å². The molecule has 0 fully saturated rings. The monoisotopic (exact) mass is 357 g/mol. The van der Waals surface area contributed by atoms with E-state index in [1.807, 2.05) is 0 Å². The molecule has 136 valence electrons. The maximum Gasteiger partial charge on any atom is 0.259 e. The van der Waals surface area contributed by atoms with Gasteiger partial charge in [0.05, 0.1) is 0 Å². The summed E-state index contributed by atoms with van der Waals surface area (Å²) in [5.74, 6) is 0.428. The quantitative estimate of drug-likeness (QED) is 0.630. The first-order valence-corrected chi connectivity index (χ1v) is 7.96. The predicted octanol–water partition coefficient (Wildman–Crippen LogP) is 2.42.